The zero-order chi connectivity index (χ0) is 48.1. The minimum atomic E-state index is -0.347. The molecule has 2 aliphatic rings. The van der Waals surface area contributed by atoms with E-state index in [1.165, 1.54) is 35.1 Å². The standard InChI is InChI=1S/C64H52O6P2/c1-3-23-49(24-4-1)65-51-37-33-45(34-38-51)57-41-47-19-9-13-29-55(47)61(63(57)69-71-67-59-31-15-21-43-17-7-11-27-53(43)59)62-56-30-14-10-20-48(56)42-58(46-35-39-52(40-36-46)66-50-25-5-2-6-26-50)64(62)70-72-68-60-32-16-22-44-18-8-12-28-54(44)60/h1-6,9-10,13-16,19-26,29-42,71-72H,7-8,11-12,17-18,27-28H2. The van der Waals surface area contributed by atoms with Gasteiger partial charge in [0.15, 0.2) is 0 Å². The molecule has 0 bridgehead atoms. The highest BCUT2D eigenvalue weighted by Gasteiger charge is 2.27. The molecule has 12 rings (SSSR count). The van der Waals surface area contributed by atoms with Crippen molar-refractivity contribution in [3.05, 3.63) is 229 Å². The van der Waals surface area contributed by atoms with E-state index in [-0.39, 0.29) is 18.1 Å². The number of ether oxygens (including phenoxy) is 2. The molecule has 2 atom stereocenters. The first-order valence-corrected chi connectivity index (χ1v) is 26.5. The Kier molecular flexibility index (Phi) is 13.3. The van der Waals surface area contributed by atoms with Crippen LogP contribution in [0.3, 0.4) is 0 Å². The zero-order valence-corrected chi connectivity index (χ0v) is 41.7. The van der Waals surface area contributed by atoms with Gasteiger partial charge in [-0.25, -0.2) is 0 Å². The molecule has 0 saturated carbocycles. The fraction of sp³-hybridized carbons (Fsp3) is 0.125. The Labute approximate surface area is 424 Å². The smallest absolute Gasteiger partial charge is 0.275 e. The predicted molar refractivity (Wildman–Crippen MR) is 296 cm³/mol. The van der Waals surface area contributed by atoms with Gasteiger partial charge in [-0.3, -0.25) is 0 Å². The summed E-state index contributed by atoms with van der Waals surface area (Å²) in [5, 5.41) is 4.14. The fourth-order valence-corrected chi connectivity index (χ4v) is 11.6. The third-order valence-corrected chi connectivity index (χ3v) is 15.0. The van der Waals surface area contributed by atoms with Crippen LogP contribution in [0.4, 0.5) is 0 Å². The van der Waals surface area contributed by atoms with E-state index < -0.39 is 0 Å². The van der Waals surface area contributed by atoms with Crippen LogP contribution in [0, 0.1) is 0 Å². The molecule has 2 unspecified atom stereocenters. The fourth-order valence-electron chi connectivity index (χ4n) is 10.3. The third-order valence-electron chi connectivity index (χ3n) is 13.8. The maximum atomic E-state index is 7.24. The molecule has 10 aromatic carbocycles. The van der Waals surface area contributed by atoms with Crippen molar-refractivity contribution in [1.82, 2.24) is 0 Å². The van der Waals surface area contributed by atoms with Crippen molar-refractivity contribution in [3.63, 3.8) is 0 Å². The van der Waals surface area contributed by atoms with Crippen LogP contribution in [0.1, 0.15) is 47.9 Å². The minimum absolute atomic E-state index is 0.347. The van der Waals surface area contributed by atoms with Crippen molar-refractivity contribution < 1.29 is 27.6 Å². The number of benzene rings is 10. The summed E-state index contributed by atoms with van der Waals surface area (Å²) in [6, 6.07) is 70.7. The van der Waals surface area contributed by atoms with Crippen LogP contribution < -0.4 is 27.6 Å². The molecule has 72 heavy (non-hydrogen) atoms. The first kappa shape index (κ1) is 45.5. The quantitative estimate of drug-likeness (QED) is 0.0954. The zero-order valence-electron chi connectivity index (χ0n) is 39.7. The average Bonchev–Trinajstić information content (AvgIpc) is 3.44. The third kappa shape index (κ3) is 9.61. The minimum Gasteiger partial charge on any atom is -0.457 e. The van der Waals surface area contributed by atoms with Gasteiger partial charge in [-0.05, 0) is 179 Å². The lowest BCUT2D eigenvalue weighted by Gasteiger charge is -2.24. The monoisotopic (exact) mass is 978 g/mol. The van der Waals surface area contributed by atoms with Crippen molar-refractivity contribution >= 4 is 39.6 Å². The first-order valence-electron chi connectivity index (χ1n) is 24.9. The van der Waals surface area contributed by atoms with Crippen molar-refractivity contribution in [3.8, 4) is 79.4 Å². The van der Waals surface area contributed by atoms with Crippen LogP contribution in [0.15, 0.2) is 206 Å². The molecule has 0 N–H and O–H groups in total. The summed E-state index contributed by atoms with van der Waals surface area (Å²) < 4.78 is 40.5. The van der Waals surface area contributed by atoms with E-state index in [4.69, 9.17) is 27.6 Å². The molecule has 0 fully saturated rings. The number of aryl methyl sites for hydroxylation is 2. The van der Waals surface area contributed by atoms with E-state index in [0.717, 1.165) is 128 Å². The Morgan fingerprint density at radius 3 is 1.15 bits per heavy atom. The summed E-state index contributed by atoms with van der Waals surface area (Å²) in [6.45, 7) is 0. The largest absolute Gasteiger partial charge is 0.457 e. The SMILES string of the molecule is c1ccc(Oc2ccc(-c3cc4ccccc4c(-c4c(OPOc5cccc6c5CCCC6)c(-c5ccc(Oc6ccccc6)cc5)cc5ccccc45)c3OPOc3cccc4c3CCCC4)cc2)cc1. The van der Waals surface area contributed by atoms with E-state index in [9.17, 15) is 0 Å². The van der Waals surface area contributed by atoms with E-state index in [0.29, 0.717) is 11.5 Å². The molecule has 6 nitrogen and oxygen atoms in total. The van der Waals surface area contributed by atoms with Gasteiger partial charge in [-0.1, -0.05) is 133 Å². The molecule has 10 aromatic rings. The van der Waals surface area contributed by atoms with E-state index in [2.05, 4.69) is 121 Å². The summed E-state index contributed by atoms with van der Waals surface area (Å²) in [4.78, 5) is 0. The molecule has 354 valence electrons. The highest BCUT2D eigenvalue weighted by molar-refractivity contribution is 7.27. The summed E-state index contributed by atoms with van der Waals surface area (Å²) in [7, 11) is -0.694. The Bertz CT molecular complexity index is 3290. The molecule has 2 aliphatic carbocycles. The maximum absolute atomic E-state index is 7.24. The summed E-state index contributed by atoms with van der Waals surface area (Å²) >= 11 is 0. The van der Waals surface area contributed by atoms with Crippen LogP contribution >= 0.6 is 18.1 Å². The summed E-state index contributed by atoms with van der Waals surface area (Å²) in [6.07, 6.45) is 8.78. The van der Waals surface area contributed by atoms with Crippen LogP contribution in [0.2, 0.25) is 0 Å². The number of para-hydroxylation sites is 2. The molecule has 0 radical (unpaired) electrons. The topological polar surface area (TPSA) is 55.4 Å². The molecule has 8 heteroatoms. The lowest BCUT2D eigenvalue weighted by Crippen LogP contribution is -2.04. The molecule has 0 spiro atoms. The van der Waals surface area contributed by atoms with Gasteiger partial charge in [-0.15, -0.1) is 0 Å². The maximum Gasteiger partial charge on any atom is 0.275 e. The molecular formula is C64H52O6P2. The number of hydrogen-bond acceptors (Lipinski definition) is 6. The van der Waals surface area contributed by atoms with Gasteiger partial charge >= 0.3 is 0 Å². The second kappa shape index (κ2) is 21.0. The molecule has 0 amide bonds. The molecule has 0 aromatic heterocycles. The molecular weight excluding hydrogens is 927 g/mol. The van der Waals surface area contributed by atoms with E-state index in [1.54, 1.807) is 0 Å². The van der Waals surface area contributed by atoms with E-state index >= 15 is 0 Å². The van der Waals surface area contributed by atoms with Crippen LogP contribution in [0.5, 0.6) is 46.0 Å². The van der Waals surface area contributed by atoms with Gasteiger partial charge in [0.05, 0.1) is 0 Å². The van der Waals surface area contributed by atoms with Crippen LogP contribution in [-0.2, 0) is 25.7 Å². The Hall–Kier alpha value is -7.62. The highest BCUT2D eigenvalue weighted by Crippen LogP contribution is 2.55. The second-order valence-corrected chi connectivity index (χ2v) is 19.5. The highest BCUT2D eigenvalue weighted by atomic mass is 31.1. The van der Waals surface area contributed by atoms with Crippen molar-refractivity contribution in [2.24, 2.45) is 0 Å². The molecule has 0 saturated heterocycles. The second-order valence-electron chi connectivity index (χ2n) is 18.4. The van der Waals surface area contributed by atoms with Gasteiger partial charge in [0.1, 0.15) is 46.0 Å². The Balaban J connectivity index is 1.04. The number of hydrogen-bond donors (Lipinski definition) is 0. The molecule has 0 aliphatic heterocycles. The predicted octanol–water partition coefficient (Wildman–Crippen LogP) is 18.3. The lowest BCUT2D eigenvalue weighted by atomic mass is 9.86. The average molecular weight is 979 g/mol. The number of rotatable bonds is 15. The Morgan fingerprint density at radius 2 is 0.708 bits per heavy atom. The van der Waals surface area contributed by atoms with Crippen molar-refractivity contribution in [2.75, 3.05) is 0 Å². The van der Waals surface area contributed by atoms with Gasteiger partial charge in [0.25, 0.3) is 18.1 Å². The molecule has 0 heterocycles. The van der Waals surface area contributed by atoms with Crippen LogP contribution in [0.25, 0.3) is 54.9 Å². The lowest BCUT2D eigenvalue weighted by molar-refractivity contribution is 0.482. The number of fused-ring (bicyclic) bond motifs is 4. The normalized spacial score (nSPS) is 13.3. The van der Waals surface area contributed by atoms with Gasteiger partial charge < -0.3 is 27.6 Å². The van der Waals surface area contributed by atoms with Gasteiger partial charge in [0, 0.05) is 22.3 Å². The Morgan fingerprint density at radius 1 is 0.319 bits per heavy atom. The van der Waals surface area contributed by atoms with Crippen molar-refractivity contribution in [1.29, 1.82) is 0 Å². The van der Waals surface area contributed by atoms with Crippen molar-refractivity contribution in [2.45, 2.75) is 51.4 Å². The summed E-state index contributed by atoms with van der Waals surface area (Å²) in [5.74, 6) is 6.17. The first-order chi connectivity index (χ1) is 35.7. The summed E-state index contributed by atoms with van der Waals surface area (Å²) in [5.41, 5.74) is 10.8. The van der Waals surface area contributed by atoms with Gasteiger partial charge in [0.2, 0.25) is 0 Å². The van der Waals surface area contributed by atoms with Crippen LogP contribution in [-0.4, -0.2) is 0 Å². The van der Waals surface area contributed by atoms with E-state index in [1.807, 2.05) is 84.9 Å². The van der Waals surface area contributed by atoms with Gasteiger partial charge in [-0.2, -0.15) is 0 Å².